The third-order valence-corrected chi connectivity index (χ3v) is 4.17. The van der Waals surface area contributed by atoms with Crippen LogP contribution in [0.25, 0.3) is 0 Å². The monoisotopic (exact) mass is 291 g/mol. The molecule has 0 aliphatic carbocycles. The molecule has 0 saturated heterocycles. The first-order chi connectivity index (χ1) is 9.70. The normalized spacial score (nSPS) is 15.0. The molecule has 0 aromatic heterocycles. The molecule has 2 atom stereocenters. The third-order valence-electron chi connectivity index (χ3n) is 4.17. The van der Waals surface area contributed by atoms with Crippen molar-refractivity contribution in [3.63, 3.8) is 0 Å². The number of ether oxygens (including phenoxy) is 1. The molecule has 2 unspecified atom stereocenters. The van der Waals surface area contributed by atoms with Gasteiger partial charge in [0.25, 0.3) is 0 Å². The van der Waals surface area contributed by atoms with E-state index < -0.39 is 0 Å². The molecule has 0 fully saturated rings. The van der Waals surface area contributed by atoms with E-state index >= 15 is 0 Å². The zero-order chi connectivity index (χ0) is 16.0. The Morgan fingerprint density at radius 2 is 1.57 bits per heavy atom. The Balaban J connectivity index is 2.49. The van der Waals surface area contributed by atoms with Gasteiger partial charge in [0.1, 0.15) is 5.75 Å². The predicted molar refractivity (Wildman–Crippen MR) is 91.8 cm³/mol. The number of hydrogen-bond acceptors (Lipinski definition) is 2. The fraction of sp³-hybridized carbons (Fsp3) is 0.684. The number of rotatable bonds is 7. The smallest absolute Gasteiger partial charge is 0.119 e. The average molecular weight is 291 g/mol. The van der Waals surface area contributed by atoms with Crippen molar-refractivity contribution in [3.8, 4) is 5.75 Å². The van der Waals surface area contributed by atoms with Gasteiger partial charge in [-0.2, -0.15) is 0 Å². The SMILES string of the molecule is CC(C)COc1ccc(C(C)NCC(C)C(C)(C)C)cc1. The number of hydrogen-bond donors (Lipinski definition) is 1. The van der Waals surface area contributed by atoms with Crippen molar-refractivity contribution in [3.05, 3.63) is 29.8 Å². The van der Waals surface area contributed by atoms with E-state index in [4.69, 9.17) is 4.74 Å². The molecule has 1 rings (SSSR count). The van der Waals surface area contributed by atoms with E-state index in [0.717, 1.165) is 18.9 Å². The molecule has 0 radical (unpaired) electrons. The Kier molecular flexibility index (Phi) is 6.73. The summed E-state index contributed by atoms with van der Waals surface area (Å²) >= 11 is 0. The van der Waals surface area contributed by atoms with Crippen LogP contribution in [-0.4, -0.2) is 13.2 Å². The fourth-order valence-corrected chi connectivity index (χ4v) is 1.89. The highest BCUT2D eigenvalue weighted by atomic mass is 16.5. The standard InChI is InChI=1S/C19H33NO/c1-14(2)13-21-18-10-8-17(9-11-18)16(4)20-12-15(3)19(5,6)7/h8-11,14-16,20H,12-13H2,1-7H3. The van der Waals surface area contributed by atoms with Gasteiger partial charge in [-0.15, -0.1) is 0 Å². The molecule has 1 N–H and O–H groups in total. The molecule has 0 spiro atoms. The minimum Gasteiger partial charge on any atom is -0.493 e. The van der Waals surface area contributed by atoms with E-state index in [1.165, 1.54) is 5.56 Å². The molecule has 0 saturated carbocycles. The summed E-state index contributed by atoms with van der Waals surface area (Å²) in [5.74, 6) is 2.17. The van der Waals surface area contributed by atoms with Crippen LogP contribution >= 0.6 is 0 Å². The van der Waals surface area contributed by atoms with E-state index in [-0.39, 0.29) is 0 Å². The van der Waals surface area contributed by atoms with E-state index in [9.17, 15) is 0 Å². The van der Waals surface area contributed by atoms with Crippen LogP contribution in [0.15, 0.2) is 24.3 Å². The van der Waals surface area contributed by atoms with Gasteiger partial charge in [-0.1, -0.05) is 53.7 Å². The molecule has 120 valence electrons. The average Bonchev–Trinajstić information content (AvgIpc) is 2.41. The first kappa shape index (κ1) is 18.0. The lowest BCUT2D eigenvalue weighted by molar-refractivity contribution is 0.247. The van der Waals surface area contributed by atoms with Crippen molar-refractivity contribution >= 4 is 0 Å². The van der Waals surface area contributed by atoms with Gasteiger partial charge in [-0.3, -0.25) is 0 Å². The third kappa shape index (κ3) is 6.52. The molecule has 0 bridgehead atoms. The Morgan fingerprint density at radius 1 is 1.00 bits per heavy atom. The van der Waals surface area contributed by atoms with Crippen molar-refractivity contribution in [2.24, 2.45) is 17.3 Å². The molecule has 21 heavy (non-hydrogen) atoms. The van der Waals surface area contributed by atoms with Crippen LogP contribution in [0, 0.1) is 17.3 Å². The molecule has 0 heterocycles. The van der Waals surface area contributed by atoms with E-state index in [2.05, 4.69) is 78.0 Å². The first-order valence-electron chi connectivity index (χ1n) is 8.16. The second kappa shape index (κ2) is 7.84. The van der Waals surface area contributed by atoms with Crippen LogP contribution in [0.3, 0.4) is 0 Å². The van der Waals surface area contributed by atoms with Crippen LogP contribution in [0.1, 0.15) is 60.1 Å². The molecular weight excluding hydrogens is 258 g/mol. The number of nitrogens with one attached hydrogen (secondary N) is 1. The van der Waals surface area contributed by atoms with Gasteiger partial charge in [0.2, 0.25) is 0 Å². The van der Waals surface area contributed by atoms with Gasteiger partial charge in [0.15, 0.2) is 0 Å². The Hall–Kier alpha value is -1.02. The summed E-state index contributed by atoms with van der Waals surface area (Å²) in [7, 11) is 0. The Bertz CT molecular complexity index is 403. The van der Waals surface area contributed by atoms with E-state index in [1.807, 2.05) is 0 Å². The maximum atomic E-state index is 5.72. The topological polar surface area (TPSA) is 21.3 Å². The lowest BCUT2D eigenvalue weighted by Gasteiger charge is -2.29. The summed E-state index contributed by atoms with van der Waals surface area (Å²) in [5.41, 5.74) is 1.66. The van der Waals surface area contributed by atoms with Crippen LogP contribution in [-0.2, 0) is 0 Å². The molecule has 0 aliphatic rings. The van der Waals surface area contributed by atoms with Gasteiger partial charge < -0.3 is 10.1 Å². The minimum atomic E-state index is 0.348. The van der Waals surface area contributed by atoms with Crippen LogP contribution in [0.5, 0.6) is 5.75 Å². The van der Waals surface area contributed by atoms with Crippen molar-refractivity contribution < 1.29 is 4.74 Å². The number of benzene rings is 1. The van der Waals surface area contributed by atoms with E-state index in [1.54, 1.807) is 0 Å². The molecule has 2 nitrogen and oxygen atoms in total. The Labute approximate surface area is 131 Å². The quantitative estimate of drug-likeness (QED) is 0.758. The van der Waals surface area contributed by atoms with Gasteiger partial charge in [0.05, 0.1) is 6.61 Å². The fourth-order valence-electron chi connectivity index (χ4n) is 1.89. The molecular formula is C19H33NO. The lowest BCUT2D eigenvalue weighted by Crippen LogP contribution is -2.31. The summed E-state index contributed by atoms with van der Waals surface area (Å²) in [5, 5.41) is 3.63. The summed E-state index contributed by atoms with van der Waals surface area (Å²) < 4.78 is 5.72. The summed E-state index contributed by atoms with van der Waals surface area (Å²) in [6, 6.07) is 8.84. The minimum absolute atomic E-state index is 0.348. The zero-order valence-electron chi connectivity index (χ0n) is 14.9. The zero-order valence-corrected chi connectivity index (χ0v) is 14.9. The highest BCUT2D eigenvalue weighted by Crippen LogP contribution is 2.25. The van der Waals surface area contributed by atoms with Crippen molar-refractivity contribution in [1.82, 2.24) is 5.32 Å². The molecule has 0 amide bonds. The highest BCUT2D eigenvalue weighted by Gasteiger charge is 2.20. The van der Waals surface area contributed by atoms with Gasteiger partial charge >= 0.3 is 0 Å². The summed E-state index contributed by atoms with van der Waals surface area (Å²) in [6.07, 6.45) is 0. The summed E-state index contributed by atoms with van der Waals surface area (Å²) in [4.78, 5) is 0. The Morgan fingerprint density at radius 3 is 2.05 bits per heavy atom. The molecule has 2 heteroatoms. The largest absolute Gasteiger partial charge is 0.493 e. The second-order valence-corrected chi connectivity index (χ2v) is 7.67. The maximum absolute atomic E-state index is 5.72. The summed E-state index contributed by atoms with van der Waals surface area (Å²) in [6.45, 7) is 17.6. The van der Waals surface area contributed by atoms with Crippen LogP contribution in [0.2, 0.25) is 0 Å². The van der Waals surface area contributed by atoms with Gasteiger partial charge in [0, 0.05) is 6.04 Å². The van der Waals surface area contributed by atoms with Gasteiger partial charge in [-0.05, 0) is 48.4 Å². The second-order valence-electron chi connectivity index (χ2n) is 7.67. The highest BCUT2D eigenvalue weighted by molar-refractivity contribution is 5.28. The molecule has 1 aromatic rings. The first-order valence-corrected chi connectivity index (χ1v) is 8.16. The van der Waals surface area contributed by atoms with E-state index in [0.29, 0.717) is 23.3 Å². The predicted octanol–water partition coefficient (Wildman–Crippen LogP) is 5.05. The lowest BCUT2D eigenvalue weighted by atomic mass is 9.82. The molecule has 0 aliphatic heterocycles. The van der Waals surface area contributed by atoms with Crippen LogP contribution < -0.4 is 10.1 Å². The van der Waals surface area contributed by atoms with Gasteiger partial charge in [-0.25, -0.2) is 0 Å². The maximum Gasteiger partial charge on any atom is 0.119 e. The van der Waals surface area contributed by atoms with Crippen LogP contribution in [0.4, 0.5) is 0 Å². The molecule has 1 aromatic carbocycles. The van der Waals surface area contributed by atoms with Crippen molar-refractivity contribution in [1.29, 1.82) is 0 Å². The van der Waals surface area contributed by atoms with Crippen molar-refractivity contribution in [2.45, 2.75) is 54.5 Å². The van der Waals surface area contributed by atoms with Crippen molar-refractivity contribution in [2.75, 3.05) is 13.2 Å².